The minimum absolute atomic E-state index is 0.117. The largest absolute Gasteiger partial charge is 0.465 e. The predicted octanol–water partition coefficient (Wildman–Crippen LogP) is 1.13. The van der Waals surface area contributed by atoms with Gasteiger partial charge >= 0.3 is 11.9 Å². The topological polar surface area (TPSA) is 91.1 Å². The zero-order chi connectivity index (χ0) is 15.4. The number of rotatable bonds is 4. The lowest BCUT2D eigenvalue weighted by Gasteiger charge is -2.28. The van der Waals surface area contributed by atoms with Crippen LogP contribution in [-0.2, 0) is 14.2 Å². The molecule has 0 spiro atoms. The van der Waals surface area contributed by atoms with Crippen LogP contribution >= 0.6 is 11.3 Å². The third-order valence-corrected chi connectivity index (χ3v) is 4.32. The minimum atomic E-state index is -0.555. The van der Waals surface area contributed by atoms with Crippen molar-refractivity contribution in [2.24, 2.45) is 0 Å². The van der Waals surface area contributed by atoms with Crippen molar-refractivity contribution in [2.75, 3.05) is 50.7 Å². The Morgan fingerprint density at radius 3 is 2.57 bits per heavy atom. The summed E-state index contributed by atoms with van der Waals surface area (Å²) in [4.78, 5) is 26.1. The number of hydrogen-bond acceptors (Lipinski definition) is 8. The van der Waals surface area contributed by atoms with Crippen LogP contribution in [0.3, 0.4) is 0 Å². The number of esters is 2. The number of nitrogens with zero attached hydrogens (tertiary/aromatic N) is 1. The van der Waals surface area contributed by atoms with E-state index in [4.69, 9.17) is 19.9 Å². The van der Waals surface area contributed by atoms with Gasteiger partial charge < -0.3 is 24.8 Å². The average molecular weight is 314 g/mol. The van der Waals surface area contributed by atoms with Gasteiger partial charge in [0.05, 0.1) is 32.6 Å². The normalized spacial score (nSPS) is 14.9. The number of morpholine rings is 1. The Labute approximate surface area is 126 Å². The smallest absolute Gasteiger partial charge is 0.350 e. The van der Waals surface area contributed by atoms with Gasteiger partial charge in [-0.3, -0.25) is 0 Å². The van der Waals surface area contributed by atoms with E-state index in [1.165, 1.54) is 7.11 Å². The van der Waals surface area contributed by atoms with Gasteiger partial charge in [-0.05, 0) is 6.92 Å². The second-order valence-corrected chi connectivity index (χ2v) is 5.34. The number of carbonyl (C=O) groups is 2. The van der Waals surface area contributed by atoms with Gasteiger partial charge in [-0.2, -0.15) is 0 Å². The number of carbonyl (C=O) groups excluding carboxylic acids is 2. The third-order valence-electron chi connectivity index (χ3n) is 3.08. The van der Waals surface area contributed by atoms with Crippen molar-refractivity contribution in [3.05, 3.63) is 10.4 Å². The summed E-state index contributed by atoms with van der Waals surface area (Å²) < 4.78 is 15.0. The van der Waals surface area contributed by atoms with E-state index in [1.807, 2.05) is 4.90 Å². The van der Waals surface area contributed by atoms with Crippen LogP contribution in [0.15, 0.2) is 0 Å². The summed E-state index contributed by atoms with van der Waals surface area (Å²) >= 11 is 1.15. The molecule has 1 aliphatic heterocycles. The fraction of sp³-hybridized carbons (Fsp3) is 0.538. The molecule has 0 unspecified atom stereocenters. The fourth-order valence-electron chi connectivity index (χ4n) is 2.07. The van der Waals surface area contributed by atoms with Gasteiger partial charge in [0.1, 0.15) is 15.4 Å². The summed E-state index contributed by atoms with van der Waals surface area (Å²) in [6.07, 6.45) is 0. The first kappa shape index (κ1) is 15.6. The van der Waals surface area contributed by atoms with E-state index in [0.29, 0.717) is 31.3 Å². The summed E-state index contributed by atoms with van der Waals surface area (Å²) in [7, 11) is 1.28. The van der Waals surface area contributed by atoms with Gasteiger partial charge in [-0.15, -0.1) is 11.3 Å². The molecule has 8 heteroatoms. The molecule has 1 aromatic heterocycles. The van der Waals surface area contributed by atoms with E-state index in [1.54, 1.807) is 6.92 Å². The zero-order valence-corrected chi connectivity index (χ0v) is 12.8. The molecule has 2 heterocycles. The maximum atomic E-state index is 12.0. The SMILES string of the molecule is CCOC(=O)c1sc(N2CCOCC2)c(C(=O)OC)c1N. The highest BCUT2D eigenvalue weighted by Crippen LogP contribution is 2.39. The summed E-state index contributed by atoms with van der Waals surface area (Å²) in [5, 5.41) is 0.630. The lowest BCUT2D eigenvalue weighted by Crippen LogP contribution is -2.36. The standard InChI is InChI=1S/C13H18N2O5S/c1-3-20-13(17)10-9(14)8(12(16)18-2)11(21-10)15-4-6-19-7-5-15/h3-7,14H2,1-2H3. The number of nitrogens with two attached hydrogens (primary N) is 1. The highest BCUT2D eigenvalue weighted by atomic mass is 32.1. The molecule has 0 aliphatic carbocycles. The molecule has 116 valence electrons. The van der Waals surface area contributed by atoms with Crippen molar-refractivity contribution < 1.29 is 23.8 Å². The van der Waals surface area contributed by atoms with E-state index in [9.17, 15) is 9.59 Å². The third kappa shape index (κ3) is 3.11. The molecule has 2 rings (SSSR count). The van der Waals surface area contributed by atoms with Gasteiger partial charge in [0, 0.05) is 13.1 Å². The summed E-state index contributed by atoms with van der Waals surface area (Å²) in [6, 6.07) is 0. The number of ether oxygens (including phenoxy) is 3. The predicted molar refractivity (Wildman–Crippen MR) is 79.1 cm³/mol. The first-order valence-electron chi connectivity index (χ1n) is 6.60. The molecule has 21 heavy (non-hydrogen) atoms. The van der Waals surface area contributed by atoms with Crippen LogP contribution in [-0.4, -0.2) is 52.0 Å². The Kier molecular flexibility index (Phi) is 5.03. The van der Waals surface area contributed by atoms with Gasteiger partial charge in [-0.25, -0.2) is 9.59 Å². The number of anilines is 2. The molecule has 0 atom stereocenters. The lowest BCUT2D eigenvalue weighted by atomic mass is 10.2. The van der Waals surface area contributed by atoms with E-state index < -0.39 is 11.9 Å². The van der Waals surface area contributed by atoms with E-state index in [2.05, 4.69) is 0 Å². The van der Waals surface area contributed by atoms with Gasteiger partial charge in [0.15, 0.2) is 0 Å². The molecule has 0 bridgehead atoms. The van der Waals surface area contributed by atoms with Gasteiger partial charge in [0.2, 0.25) is 0 Å². The first-order valence-corrected chi connectivity index (χ1v) is 7.42. The monoisotopic (exact) mass is 314 g/mol. The zero-order valence-electron chi connectivity index (χ0n) is 12.0. The van der Waals surface area contributed by atoms with Crippen molar-refractivity contribution in [3.8, 4) is 0 Å². The molecule has 0 aromatic carbocycles. The van der Waals surface area contributed by atoms with Gasteiger partial charge in [0.25, 0.3) is 0 Å². The van der Waals surface area contributed by atoms with E-state index in [0.717, 1.165) is 11.3 Å². The molecule has 1 aliphatic rings. The second-order valence-electron chi connectivity index (χ2n) is 4.34. The van der Waals surface area contributed by atoms with Crippen LogP contribution in [0.2, 0.25) is 0 Å². The highest BCUT2D eigenvalue weighted by Gasteiger charge is 2.30. The number of nitrogen functional groups attached to an aromatic ring is 1. The second kappa shape index (κ2) is 6.77. The van der Waals surface area contributed by atoms with Crippen LogP contribution in [0.1, 0.15) is 27.0 Å². The minimum Gasteiger partial charge on any atom is -0.465 e. The quantitative estimate of drug-likeness (QED) is 0.833. The van der Waals surface area contributed by atoms with Crippen molar-refractivity contribution in [1.29, 1.82) is 0 Å². The first-order chi connectivity index (χ1) is 10.1. The van der Waals surface area contributed by atoms with Crippen LogP contribution in [0.25, 0.3) is 0 Å². The van der Waals surface area contributed by atoms with Crippen LogP contribution in [0.4, 0.5) is 10.7 Å². The van der Waals surface area contributed by atoms with Crippen molar-refractivity contribution in [2.45, 2.75) is 6.92 Å². The number of methoxy groups -OCH3 is 1. The Hall–Kier alpha value is -1.80. The summed E-state index contributed by atoms with van der Waals surface area (Å²) in [5.74, 6) is -1.08. The Bertz CT molecular complexity index is 537. The maximum absolute atomic E-state index is 12.0. The van der Waals surface area contributed by atoms with Crippen molar-refractivity contribution in [3.63, 3.8) is 0 Å². The molecule has 2 N–H and O–H groups in total. The van der Waals surface area contributed by atoms with Crippen LogP contribution < -0.4 is 10.6 Å². The number of thiophene rings is 1. The molecular formula is C13H18N2O5S. The molecule has 7 nitrogen and oxygen atoms in total. The summed E-state index contributed by atoms with van der Waals surface area (Å²) in [6.45, 7) is 4.35. The molecule has 1 aromatic rings. The van der Waals surface area contributed by atoms with E-state index in [-0.39, 0.29) is 22.7 Å². The van der Waals surface area contributed by atoms with Crippen molar-refractivity contribution >= 4 is 34.0 Å². The van der Waals surface area contributed by atoms with Crippen LogP contribution in [0.5, 0.6) is 0 Å². The Morgan fingerprint density at radius 2 is 2.00 bits per heavy atom. The molecular weight excluding hydrogens is 296 g/mol. The van der Waals surface area contributed by atoms with Crippen molar-refractivity contribution in [1.82, 2.24) is 0 Å². The Balaban J connectivity index is 2.43. The molecule has 1 fully saturated rings. The average Bonchev–Trinajstić information content (AvgIpc) is 2.85. The van der Waals surface area contributed by atoms with Gasteiger partial charge in [-0.1, -0.05) is 0 Å². The fourth-order valence-corrected chi connectivity index (χ4v) is 3.22. The highest BCUT2D eigenvalue weighted by molar-refractivity contribution is 7.19. The maximum Gasteiger partial charge on any atom is 0.350 e. The molecule has 0 saturated carbocycles. The summed E-state index contributed by atoms with van der Waals surface area (Å²) in [5.41, 5.74) is 6.32. The molecule has 0 radical (unpaired) electrons. The lowest BCUT2D eigenvalue weighted by molar-refractivity contribution is 0.0533. The Morgan fingerprint density at radius 1 is 1.33 bits per heavy atom. The van der Waals surface area contributed by atoms with Crippen LogP contribution in [0, 0.1) is 0 Å². The van der Waals surface area contributed by atoms with E-state index >= 15 is 0 Å². The number of hydrogen-bond donors (Lipinski definition) is 1. The molecule has 1 saturated heterocycles. The molecule has 0 amide bonds.